The number of aliphatic hydroxyl groups excluding tert-OH is 3. The Hall–Kier alpha value is -3.51. The van der Waals surface area contributed by atoms with Crippen molar-refractivity contribution in [3.05, 3.63) is 133 Å². The second-order valence-electron chi connectivity index (χ2n) is 11.1. The topological polar surface area (TPSA) is 89.8 Å². The van der Waals surface area contributed by atoms with Crippen molar-refractivity contribution in [3.8, 4) is 0 Å². The number of fused-ring (bicyclic) bond motifs is 3. The lowest BCUT2D eigenvalue weighted by atomic mass is 9.63. The number of amides is 1. The fourth-order valence-corrected chi connectivity index (χ4v) is 5.70. The van der Waals surface area contributed by atoms with Crippen molar-refractivity contribution in [2.45, 2.75) is 63.9 Å². The number of nitrogens with one attached hydrogen (secondary N) is 1. The van der Waals surface area contributed by atoms with Crippen molar-refractivity contribution in [1.82, 2.24) is 5.32 Å². The number of hydrogen-bond acceptors (Lipinski definition) is 4. The maximum Gasteiger partial charge on any atom is 0.247 e. The molecule has 5 nitrogen and oxygen atoms in total. The second-order valence-corrected chi connectivity index (χ2v) is 11.1. The molecule has 0 bridgehead atoms. The predicted molar refractivity (Wildman–Crippen MR) is 173 cm³/mol. The summed E-state index contributed by atoms with van der Waals surface area (Å²) in [7, 11) is 0. The van der Waals surface area contributed by atoms with Crippen LogP contribution in [0.4, 0.5) is 0 Å². The van der Waals surface area contributed by atoms with Gasteiger partial charge in [0.1, 0.15) is 0 Å². The molecule has 1 saturated carbocycles. The number of carbonyl (C=O) groups is 1. The molecule has 0 saturated heterocycles. The molecule has 224 valence electrons. The molecule has 0 aromatic rings. The predicted octanol–water partition coefficient (Wildman–Crippen LogP) is 6.15. The number of allylic oxidation sites excluding steroid dienone is 17. The van der Waals surface area contributed by atoms with E-state index in [0.717, 1.165) is 0 Å². The van der Waals surface area contributed by atoms with Gasteiger partial charge in [-0.3, -0.25) is 4.79 Å². The molecule has 4 N–H and O–H groups in total. The minimum absolute atomic E-state index is 0.0365. The molecular formula is C37H47NO4. The van der Waals surface area contributed by atoms with Crippen LogP contribution in [-0.4, -0.2) is 45.6 Å². The third-order valence-electron chi connectivity index (χ3n) is 7.84. The van der Waals surface area contributed by atoms with E-state index in [4.69, 9.17) is 0 Å². The molecule has 2 aliphatic carbocycles. The highest BCUT2D eigenvalue weighted by molar-refractivity contribution is 5.93. The van der Waals surface area contributed by atoms with E-state index in [0.29, 0.717) is 31.3 Å². The minimum atomic E-state index is -0.590. The van der Waals surface area contributed by atoms with E-state index < -0.39 is 18.3 Å². The first-order valence-electron chi connectivity index (χ1n) is 15.1. The van der Waals surface area contributed by atoms with E-state index >= 15 is 0 Å². The molecule has 0 aromatic carbocycles. The molecule has 0 radical (unpaired) electrons. The number of aliphatic hydroxyl groups is 3. The van der Waals surface area contributed by atoms with E-state index in [-0.39, 0.29) is 35.6 Å². The third-order valence-corrected chi connectivity index (χ3v) is 7.84. The van der Waals surface area contributed by atoms with Crippen molar-refractivity contribution >= 4 is 5.91 Å². The van der Waals surface area contributed by atoms with Crippen molar-refractivity contribution in [1.29, 1.82) is 0 Å². The average Bonchev–Trinajstić information content (AvgIpc) is 2.95. The molecule has 1 aliphatic heterocycles. The Bertz CT molecular complexity index is 1190. The van der Waals surface area contributed by atoms with E-state index in [1.54, 1.807) is 19.1 Å². The van der Waals surface area contributed by atoms with Crippen molar-refractivity contribution in [2.75, 3.05) is 0 Å². The van der Waals surface area contributed by atoms with Gasteiger partial charge in [0, 0.05) is 11.5 Å². The fraction of sp³-hybridized carbons (Fsp3) is 0.378. The highest BCUT2D eigenvalue weighted by Crippen LogP contribution is 2.44. The lowest BCUT2D eigenvalue weighted by molar-refractivity contribution is -0.117. The molecule has 3 aliphatic rings. The zero-order valence-electron chi connectivity index (χ0n) is 24.8. The van der Waals surface area contributed by atoms with Crippen LogP contribution in [0.15, 0.2) is 133 Å². The van der Waals surface area contributed by atoms with Gasteiger partial charge in [-0.1, -0.05) is 128 Å². The Morgan fingerprint density at radius 1 is 0.762 bits per heavy atom. The molecule has 3 rings (SSSR count). The summed E-state index contributed by atoms with van der Waals surface area (Å²) in [6.07, 6.45) is 41.8. The average molecular weight is 570 g/mol. The van der Waals surface area contributed by atoms with Gasteiger partial charge >= 0.3 is 0 Å². The minimum Gasteiger partial charge on any atom is -0.393 e. The summed E-state index contributed by atoms with van der Waals surface area (Å²) in [6, 6.07) is -0.103. The van der Waals surface area contributed by atoms with Gasteiger partial charge in [-0.2, -0.15) is 0 Å². The summed E-state index contributed by atoms with van der Waals surface area (Å²) < 4.78 is 0. The summed E-state index contributed by atoms with van der Waals surface area (Å²) in [6.45, 7) is 3.74. The SMILES string of the molecule is C/C=C/C1CC=CC=CC=C[C@H](O)CC=CC=C[C@H]2[C@H](C=CC=CC=CC=C(C)C(=O)N1)C=C[C@@H]1CC(O)C[C@H](O)[C@@H]21. The number of hydrogen-bond donors (Lipinski definition) is 4. The molecule has 0 spiro atoms. The van der Waals surface area contributed by atoms with Crippen LogP contribution in [0.3, 0.4) is 0 Å². The van der Waals surface area contributed by atoms with Crippen LogP contribution in [0.2, 0.25) is 0 Å². The molecule has 1 amide bonds. The maximum absolute atomic E-state index is 12.7. The lowest BCUT2D eigenvalue weighted by Crippen LogP contribution is -2.45. The standard InChI is InChI=1S/C37H47NO4/c1-3-17-31-20-13-8-5-9-14-21-32(39)22-15-10-16-23-34-29(24-25-30-26-33(40)27-35(41)36(30)34)19-12-7-4-6-11-18-28(2)37(42)38-31/h3-19,21,23-25,29-36,39-41H,20,22,26-27H2,1-2H3,(H,38,42)/b7-4?,9-5?,11-6?,13-8?,15-10?,17-3+,19-12?,21-14?,23-16?,28-18?/t29-,30-,31?,32+,33?,34+,35+,36-/m1/s1. The van der Waals surface area contributed by atoms with Crippen LogP contribution in [0, 0.1) is 23.7 Å². The summed E-state index contributed by atoms with van der Waals surface area (Å²) in [4.78, 5) is 12.7. The smallest absolute Gasteiger partial charge is 0.247 e. The third kappa shape index (κ3) is 11.1. The van der Waals surface area contributed by atoms with Crippen molar-refractivity contribution in [2.24, 2.45) is 23.7 Å². The van der Waals surface area contributed by atoms with E-state index in [1.165, 1.54) is 0 Å². The highest BCUT2D eigenvalue weighted by atomic mass is 16.3. The van der Waals surface area contributed by atoms with Crippen molar-refractivity contribution in [3.63, 3.8) is 0 Å². The number of carbonyl (C=O) groups excluding carboxylic acids is 1. The zero-order valence-corrected chi connectivity index (χ0v) is 24.8. The molecule has 0 aromatic heterocycles. The zero-order chi connectivity index (χ0) is 30.2. The van der Waals surface area contributed by atoms with Gasteiger partial charge in [-0.05, 0) is 57.3 Å². The Morgan fingerprint density at radius 2 is 1.43 bits per heavy atom. The molecule has 5 heteroatoms. The summed E-state index contributed by atoms with van der Waals surface area (Å²) in [5.41, 5.74) is 0.625. The van der Waals surface area contributed by atoms with Gasteiger partial charge in [0.2, 0.25) is 5.91 Å². The Morgan fingerprint density at radius 3 is 2.24 bits per heavy atom. The van der Waals surface area contributed by atoms with Gasteiger partial charge in [0.05, 0.1) is 24.4 Å². The van der Waals surface area contributed by atoms with Crippen LogP contribution < -0.4 is 5.32 Å². The van der Waals surface area contributed by atoms with Crippen LogP contribution in [0.5, 0.6) is 0 Å². The number of rotatable bonds is 1. The molecule has 1 fully saturated rings. The Kier molecular flexibility index (Phi) is 14.2. The quantitative estimate of drug-likeness (QED) is 0.285. The molecule has 42 heavy (non-hydrogen) atoms. The van der Waals surface area contributed by atoms with Crippen LogP contribution in [-0.2, 0) is 4.79 Å². The Labute approximate surface area is 251 Å². The molecule has 2 unspecified atom stereocenters. The van der Waals surface area contributed by atoms with Gasteiger partial charge in [0.15, 0.2) is 0 Å². The van der Waals surface area contributed by atoms with E-state index in [1.807, 2.05) is 98.1 Å². The second kappa shape index (κ2) is 18.1. The largest absolute Gasteiger partial charge is 0.393 e. The first-order chi connectivity index (χ1) is 20.4. The van der Waals surface area contributed by atoms with E-state index in [9.17, 15) is 20.1 Å². The van der Waals surface area contributed by atoms with Gasteiger partial charge in [-0.25, -0.2) is 0 Å². The maximum atomic E-state index is 12.7. The highest BCUT2D eigenvalue weighted by Gasteiger charge is 2.42. The van der Waals surface area contributed by atoms with Crippen LogP contribution >= 0.6 is 0 Å². The summed E-state index contributed by atoms with van der Waals surface area (Å²) in [5, 5.41) is 34.5. The fourth-order valence-electron chi connectivity index (χ4n) is 5.70. The van der Waals surface area contributed by atoms with Crippen LogP contribution in [0.1, 0.15) is 39.5 Å². The van der Waals surface area contributed by atoms with Gasteiger partial charge < -0.3 is 20.6 Å². The Balaban J connectivity index is 1.81. The van der Waals surface area contributed by atoms with Gasteiger partial charge in [0.25, 0.3) is 0 Å². The van der Waals surface area contributed by atoms with E-state index in [2.05, 4.69) is 29.6 Å². The molecule has 8 atom stereocenters. The summed E-state index contributed by atoms with van der Waals surface area (Å²) in [5.74, 6) is 0.264. The summed E-state index contributed by atoms with van der Waals surface area (Å²) >= 11 is 0. The molecule has 1 heterocycles. The monoisotopic (exact) mass is 569 g/mol. The first-order valence-corrected chi connectivity index (χ1v) is 15.1. The molecular weight excluding hydrogens is 522 g/mol. The van der Waals surface area contributed by atoms with Gasteiger partial charge in [-0.15, -0.1) is 0 Å². The lowest BCUT2D eigenvalue weighted by Gasteiger charge is -2.44. The first kappa shape index (κ1) is 33.0. The normalized spacial score (nSPS) is 33.4. The van der Waals surface area contributed by atoms with Crippen LogP contribution in [0.25, 0.3) is 0 Å². The van der Waals surface area contributed by atoms with Crippen molar-refractivity contribution < 1.29 is 20.1 Å².